The first-order valence-electron chi connectivity index (χ1n) is 13.2. The molecule has 4 N–H and O–H groups in total. The molecule has 10 nitrogen and oxygen atoms in total. The molecule has 1 aromatic carbocycles. The number of hydrogen-bond donors (Lipinski definition) is 3. The van der Waals surface area contributed by atoms with Gasteiger partial charge in [0.1, 0.15) is 5.75 Å². The minimum Gasteiger partial charge on any atom is -0.507 e. The molecule has 39 heavy (non-hydrogen) atoms. The van der Waals surface area contributed by atoms with Crippen molar-refractivity contribution in [3.63, 3.8) is 0 Å². The van der Waals surface area contributed by atoms with Gasteiger partial charge >= 0.3 is 0 Å². The number of likely N-dealkylation sites (N-methyl/N-ethyl adjacent to an activating group) is 2. The number of aliphatic hydroxyl groups is 1. The molecule has 0 aliphatic heterocycles. The third-order valence-corrected chi connectivity index (χ3v) is 8.68. The van der Waals surface area contributed by atoms with Crippen LogP contribution in [-0.2, 0) is 32.1 Å². The standard InChI is InChI=1S/C29H37N3O7/c1-7-8-32(6)12-15-10-16(13(2)3)17-9-14-11-18-22(31(4)5)25(35)21(28(30)38)27(37)29(18,39)26(36)19(14)24(34)20(17)23(15)33/h7,10,13-14,18-19,21-22,33,39H,1,8-9,11-12H2,2-6H3,(H2,30,38)/t14-,18-,19?,21?,22-,29-/m0/s1. The van der Waals surface area contributed by atoms with Gasteiger partial charge in [0.25, 0.3) is 0 Å². The van der Waals surface area contributed by atoms with E-state index in [1.54, 1.807) is 20.2 Å². The van der Waals surface area contributed by atoms with Crippen molar-refractivity contribution >= 4 is 29.0 Å². The first-order chi connectivity index (χ1) is 18.2. The van der Waals surface area contributed by atoms with E-state index in [1.165, 1.54) is 4.90 Å². The number of phenolic OH excluding ortho intramolecular Hbond substituents is 1. The van der Waals surface area contributed by atoms with Crippen LogP contribution in [0.5, 0.6) is 5.75 Å². The summed E-state index contributed by atoms with van der Waals surface area (Å²) in [6.07, 6.45) is 2.01. The predicted molar refractivity (Wildman–Crippen MR) is 142 cm³/mol. The summed E-state index contributed by atoms with van der Waals surface area (Å²) < 4.78 is 0. The molecular weight excluding hydrogens is 502 g/mol. The van der Waals surface area contributed by atoms with Gasteiger partial charge in [-0.3, -0.25) is 33.8 Å². The fraction of sp³-hybridized carbons (Fsp3) is 0.552. The Kier molecular flexibility index (Phi) is 7.44. The summed E-state index contributed by atoms with van der Waals surface area (Å²) in [4.78, 5) is 70.2. The van der Waals surface area contributed by atoms with Gasteiger partial charge < -0.3 is 15.9 Å². The molecule has 2 unspecified atom stereocenters. The molecule has 2 fully saturated rings. The minimum atomic E-state index is -2.73. The summed E-state index contributed by atoms with van der Waals surface area (Å²) >= 11 is 0. The van der Waals surface area contributed by atoms with Crippen LogP contribution in [0.4, 0.5) is 0 Å². The molecule has 10 heteroatoms. The van der Waals surface area contributed by atoms with Gasteiger partial charge in [-0.2, -0.15) is 0 Å². The van der Waals surface area contributed by atoms with Crippen LogP contribution in [0.25, 0.3) is 0 Å². The quantitative estimate of drug-likeness (QED) is 0.333. The molecule has 0 bridgehead atoms. The summed E-state index contributed by atoms with van der Waals surface area (Å²) in [6, 6.07) is 0.771. The third-order valence-electron chi connectivity index (χ3n) is 8.68. The van der Waals surface area contributed by atoms with Crippen molar-refractivity contribution in [2.24, 2.45) is 29.4 Å². The van der Waals surface area contributed by atoms with E-state index >= 15 is 0 Å². The number of carbonyl (C=O) groups excluding carboxylic acids is 5. The van der Waals surface area contributed by atoms with Gasteiger partial charge in [-0.15, -0.1) is 6.58 Å². The van der Waals surface area contributed by atoms with Crippen molar-refractivity contribution in [1.29, 1.82) is 0 Å². The first kappa shape index (κ1) is 28.8. The van der Waals surface area contributed by atoms with Crippen LogP contribution in [0.15, 0.2) is 18.7 Å². The lowest BCUT2D eigenvalue weighted by atomic mass is 9.52. The van der Waals surface area contributed by atoms with Crippen LogP contribution in [0.1, 0.15) is 53.2 Å². The number of amides is 1. The number of aromatic hydroxyl groups is 1. The maximum absolute atomic E-state index is 14.0. The van der Waals surface area contributed by atoms with E-state index in [0.29, 0.717) is 24.2 Å². The SMILES string of the molecule is C=CCN(C)Cc1cc(C(C)C)c2c(c1O)C(=O)C1C(=O)[C@]3(O)C(=O)C(C(N)=O)C(=O)[C@@H](N(C)C)[C@@H]3C[C@@H]1C2. The molecule has 0 spiro atoms. The van der Waals surface area contributed by atoms with Gasteiger partial charge in [-0.05, 0) is 56.9 Å². The number of nitrogens with two attached hydrogens (primary N) is 1. The predicted octanol–water partition coefficient (Wildman–Crippen LogP) is 0.608. The largest absolute Gasteiger partial charge is 0.507 e. The van der Waals surface area contributed by atoms with E-state index < -0.39 is 64.4 Å². The number of rotatable bonds is 7. The van der Waals surface area contributed by atoms with Crippen LogP contribution >= 0.6 is 0 Å². The normalized spacial score (nSPS) is 30.4. The number of primary amides is 1. The van der Waals surface area contributed by atoms with Crippen molar-refractivity contribution < 1.29 is 34.2 Å². The second kappa shape index (κ2) is 10.1. The van der Waals surface area contributed by atoms with Crippen molar-refractivity contribution in [3.05, 3.63) is 41.0 Å². The zero-order valence-electron chi connectivity index (χ0n) is 23.1. The number of Topliss-reactive ketones (excluding diaryl/α,β-unsaturated/α-hetero) is 4. The van der Waals surface area contributed by atoms with Gasteiger partial charge in [0, 0.05) is 24.6 Å². The Balaban J connectivity index is 1.87. The van der Waals surface area contributed by atoms with E-state index in [4.69, 9.17) is 5.73 Å². The van der Waals surface area contributed by atoms with Crippen molar-refractivity contribution in [3.8, 4) is 5.75 Å². The first-order valence-corrected chi connectivity index (χ1v) is 13.2. The molecular formula is C29H37N3O7. The lowest BCUT2D eigenvalue weighted by molar-refractivity contribution is -0.181. The number of fused-ring (bicyclic) bond motifs is 3. The second-order valence-corrected chi connectivity index (χ2v) is 11.8. The maximum atomic E-state index is 14.0. The van der Waals surface area contributed by atoms with Gasteiger partial charge in [-0.25, -0.2) is 0 Å². The van der Waals surface area contributed by atoms with Gasteiger partial charge in [-0.1, -0.05) is 26.0 Å². The smallest absolute Gasteiger partial charge is 0.235 e. The maximum Gasteiger partial charge on any atom is 0.235 e. The molecule has 0 saturated heterocycles. The van der Waals surface area contributed by atoms with Crippen LogP contribution in [0.2, 0.25) is 0 Å². The van der Waals surface area contributed by atoms with Crippen LogP contribution < -0.4 is 5.73 Å². The van der Waals surface area contributed by atoms with E-state index in [2.05, 4.69) is 6.58 Å². The average molecular weight is 540 g/mol. The Bertz CT molecular complexity index is 1290. The Morgan fingerprint density at radius 1 is 1.21 bits per heavy atom. The van der Waals surface area contributed by atoms with E-state index in [0.717, 1.165) is 5.56 Å². The lowest BCUT2D eigenvalue weighted by Gasteiger charge is -2.52. The summed E-state index contributed by atoms with van der Waals surface area (Å²) in [5, 5.41) is 23.0. The summed E-state index contributed by atoms with van der Waals surface area (Å²) in [6.45, 7) is 8.57. The fourth-order valence-electron chi connectivity index (χ4n) is 6.97. The molecule has 1 aromatic rings. The number of nitrogens with zero attached hydrogens (tertiary/aromatic N) is 2. The molecule has 0 radical (unpaired) electrons. The highest BCUT2D eigenvalue weighted by atomic mass is 16.3. The Hall–Kier alpha value is -3.21. The highest BCUT2D eigenvalue weighted by Crippen LogP contribution is 2.51. The second-order valence-electron chi connectivity index (χ2n) is 11.8. The van der Waals surface area contributed by atoms with Crippen LogP contribution in [-0.4, -0.2) is 88.4 Å². The van der Waals surface area contributed by atoms with Crippen molar-refractivity contribution in [2.45, 2.75) is 50.8 Å². The van der Waals surface area contributed by atoms with E-state index in [-0.39, 0.29) is 30.1 Å². The Morgan fingerprint density at radius 2 is 1.85 bits per heavy atom. The third kappa shape index (κ3) is 4.25. The molecule has 6 atom stereocenters. The van der Waals surface area contributed by atoms with Crippen molar-refractivity contribution in [1.82, 2.24) is 9.80 Å². The minimum absolute atomic E-state index is 0.00655. The highest BCUT2D eigenvalue weighted by molar-refractivity contribution is 6.32. The summed E-state index contributed by atoms with van der Waals surface area (Å²) in [5.74, 6) is -10.3. The van der Waals surface area contributed by atoms with Crippen LogP contribution in [0, 0.1) is 23.7 Å². The van der Waals surface area contributed by atoms with Crippen LogP contribution in [0.3, 0.4) is 0 Å². The summed E-state index contributed by atoms with van der Waals surface area (Å²) in [7, 11) is 4.98. The number of ketones is 4. The fourth-order valence-corrected chi connectivity index (χ4v) is 6.97. The molecule has 0 aromatic heterocycles. The molecule has 3 aliphatic carbocycles. The Labute approximate surface area is 227 Å². The monoisotopic (exact) mass is 539 g/mol. The van der Waals surface area contributed by atoms with Gasteiger partial charge in [0.05, 0.1) is 17.5 Å². The summed E-state index contributed by atoms with van der Waals surface area (Å²) in [5.41, 5.74) is 4.72. The molecule has 0 heterocycles. The van der Waals surface area contributed by atoms with Crippen molar-refractivity contribution in [2.75, 3.05) is 27.7 Å². The lowest BCUT2D eigenvalue weighted by Crippen LogP contribution is -2.74. The average Bonchev–Trinajstić information content (AvgIpc) is 2.82. The number of benzene rings is 1. The number of hydrogen-bond acceptors (Lipinski definition) is 9. The zero-order chi connectivity index (χ0) is 29.1. The van der Waals surface area contributed by atoms with E-state index in [1.807, 2.05) is 31.9 Å². The number of carbonyl (C=O) groups is 5. The van der Waals surface area contributed by atoms with Gasteiger partial charge in [0.2, 0.25) is 5.91 Å². The topological polar surface area (TPSA) is 158 Å². The molecule has 3 aliphatic rings. The van der Waals surface area contributed by atoms with Gasteiger partial charge in [0.15, 0.2) is 34.7 Å². The Morgan fingerprint density at radius 3 is 2.38 bits per heavy atom. The zero-order valence-corrected chi connectivity index (χ0v) is 23.1. The molecule has 1 amide bonds. The van der Waals surface area contributed by atoms with E-state index in [9.17, 15) is 34.2 Å². The molecule has 2 saturated carbocycles. The molecule has 210 valence electrons. The molecule has 4 rings (SSSR count). The number of phenols is 1. The highest BCUT2D eigenvalue weighted by Gasteiger charge is 2.69.